The maximum Gasteiger partial charge on any atom is 0.329 e. The average molecular weight is 270 g/mol. The van der Waals surface area contributed by atoms with Gasteiger partial charge in [-0.1, -0.05) is 12.8 Å². The van der Waals surface area contributed by atoms with Crippen LogP contribution in [0, 0.1) is 5.41 Å². The van der Waals surface area contributed by atoms with Crippen LogP contribution in [0.25, 0.3) is 0 Å². The van der Waals surface area contributed by atoms with Crippen LogP contribution in [0.3, 0.4) is 0 Å². The molecule has 1 aliphatic heterocycles. The first-order valence-corrected chi connectivity index (χ1v) is 6.89. The monoisotopic (exact) mass is 270 g/mol. The number of hydrogen-bond donors (Lipinski definition) is 3. The Balaban J connectivity index is 2.12. The predicted molar refractivity (Wildman–Crippen MR) is 68.5 cm³/mol. The van der Waals surface area contributed by atoms with Crippen LogP contribution in [0.2, 0.25) is 0 Å². The van der Waals surface area contributed by atoms with E-state index in [9.17, 15) is 14.7 Å². The third-order valence-electron chi connectivity index (χ3n) is 4.54. The number of carboxylic acids is 1. The molecule has 2 rings (SSSR count). The first-order valence-electron chi connectivity index (χ1n) is 6.89. The number of hydrogen-bond acceptors (Lipinski definition) is 4. The summed E-state index contributed by atoms with van der Waals surface area (Å²) in [5, 5.41) is 12.2. The molecule has 1 heterocycles. The van der Waals surface area contributed by atoms with Crippen molar-refractivity contribution in [2.75, 3.05) is 19.8 Å². The second kappa shape index (κ2) is 5.46. The zero-order valence-electron chi connectivity index (χ0n) is 11.1. The lowest BCUT2D eigenvalue weighted by Crippen LogP contribution is -2.61. The third kappa shape index (κ3) is 2.60. The van der Waals surface area contributed by atoms with Crippen molar-refractivity contribution in [3.63, 3.8) is 0 Å². The Kier molecular flexibility index (Phi) is 4.10. The molecule has 0 aromatic carbocycles. The second-order valence-electron chi connectivity index (χ2n) is 5.65. The fourth-order valence-corrected chi connectivity index (χ4v) is 3.04. The number of aliphatic carboxylic acids is 1. The highest BCUT2D eigenvalue weighted by Crippen LogP contribution is 2.38. The van der Waals surface area contributed by atoms with Crippen LogP contribution in [-0.4, -0.2) is 42.3 Å². The third-order valence-corrected chi connectivity index (χ3v) is 4.54. The van der Waals surface area contributed by atoms with Gasteiger partial charge < -0.3 is 20.9 Å². The molecule has 6 nitrogen and oxygen atoms in total. The lowest BCUT2D eigenvalue weighted by atomic mass is 9.82. The van der Waals surface area contributed by atoms with Crippen molar-refractivity contribution >= 4 is 11.9 Å². The summed E-state index contributed by atoms with van der Waals surface area (Å²) in [7, 11) is 0. The molecule has 0 bridgehead atoms. The van der Waals surface area contributed by atoms with Crippen LogP contribution in [0.15, 0.2) is 0 Å². The summed E-state index contributed by atoms with van der Waals surface area (Å²) >= 11 is 0. The molecule has 2 aliphatic rings. The number of carboxylic acid groups (broad SMARTS) is 1. The number of amides is 1. The minimum Gasteiger partial charge on any atom is -0.480 e. The van der Waals surface area contributed by atoms with Gasteiger partial charge in [-0.25, -0.2) is 4.79 Å². The number of nitrogens with two attached hydrogens (primary N) is 1. The van der Waals surface area contributed by atoms with E-state index in [0.717, 1.165) is 25.7 Å². The molecule has 4 N–H and O–H groups in total. The Morgan fingerprint density at radius 3 is 2.21 bits per heavy atom. The van der Waals surface area contributed by atoms with E-state index in [2.05, 4.69) is 5.32 Å². The second-order valence-corrected chi connectivity index (χ2v) is 5.65. The van der Waals surface area contributed by atoms with Crippen LogP contribution >= 0.6 is 0 Å². The molecule has 0 atom stereocenters. The quantitative estimate of drug-likeness (QED) is 0.680. The highest BCUT2D eigenvalue weighted by Gasteiger charge is 2.47. The Morgan fingerprint density at radius 2 is 1.74 bits per heavy atom. The minimum atomic E-state index is -1.18. The highest BCUT2D eigenvalue weighted by molar-refractivity contribution is 5.90. The Hall–Kier alpha value is -1.14. The molecular formula is C13H22N2O4. The van der Waals surface area contributed by atoms with Gasteiger partial charge in [-0.15, -0.1) is 0 Å². The van der Waals surface area contributed by atoms with Crippen LogP contribution in [0.4, 0.5) is 0 Å². The summed E-state index contributed by atoms with van der Waals surface area (Å²) in [6.07, 6.45) is 4.09. The lowest BCUT2D eigenvalue weighted by molar-refractivity contribution is -0.154. The van der Waals surface area contributed by atoms with Crippen LogP contribution in [0.1, 0.15) is 38.5 Å². The van der Waals surface area contributed by atoms with Crippen molar-refractivity contribution in [2.45, 2.75) is 44.1 Å². The SMILES string of the molecule is NCC1(C(=O)NC2(C(=O)O)CCOCC2)CCCC1. The van der Waals surface area contributed by atoms with Crippen molar-refractivity contribution < 1.29 is 19.4 Å². The molecule has 0 aromatic rings. The number of carbonyl (C=O) groups excluding carboxylic acids is 1. The fraction of sp³-hybridized carbons (Fsp3) is 0.846. The van der Waals surface area contributed by atoms with Gasteiger partial charge in [-0.2, -0.15) is 0 Å². The largest absolute Gasteiger partial charge is 0.480 e. The average Bonchev–Trinajstić information content (AvgIpc) is 2.89. The van der Waals surface area contributed by atoms with Crippen molar-refractivity contribution in [1.29, 1.82) is 0 Å². The summed E-state index contributed by atoms with van der Waals surface area (Å²) < 4.78 is 5.19. The zero-order chi connectivity index (χ0) is 13.9. The molecule has 0 spiro atoms. The van der Waals surface area contributed by atoms with Crippen molar-refractivity contribution in [2.24, 2.45) is 11.1 Å². The van der Waals surface area contributed by atoms with Gasteiger partial charge in [0.2, 0.25) is 5.91 Å². The molecule has 0 radical (unpaired) electrons. The maximum absolute atomic E-state index is 12.5. The lowest BCUT2D eigenvalue weighted by Gasteiger charge is -2.37. The summed E-state index contributed by atoms with van der Waals surface area (Å²) in [6.45, 7) is 1.01. The van der Waals surface area contributed by atoms with Gasteiger partial charge in [0.25, 0.3) is 0 Å². The van der Waals surface area contributed by atoms with Gasteiger partial charge in [0.1, 0.15) is 5.54 Å². The van der Waals surface area contributed by atoms with Crippen molar-refractivity contribution in [3.8, 4) is 0 Å². The molecule has 1 aliphatic carbocycles. The summed E-state index contributed by atoms with van der Waals surface area (Å²) in [6, 6.07) is 0. The normalized spacial score (nSPS) is 24.9. The number of carbonyl (C=O) groups is 2. The zero-order valence-corrected chi connectivity index (χ0v) is 11.1. The number of nitrogens with one attached hydrogen (secondary N) is 1. The molecule has 6 heteroatoms. The smallest absolute Gasteiger partial charge is 0.329 e. The van der Waals surface area contributed by atoms with Crippen molar-refractivity contribution in [1.82, 2.24) is 5.32 Å². The summed E-state index contributed by atoms with van der Waals surface area (Å²) in [5.74, 6) is -1.17. The Labute approximate surface area is 112 Å². The number of rotatable bonds is 4. The molecule has 19 heavy (non-hydrogen) atoms. The summed E-state index contributed by atoms with van der Waals surface area (Å²) in [4.78, 5) is 24.0. The van der Waals surface area contributed by atoms with E-state index in [1.54, 1.807) is 0 Å². The minimum absolute atomic E-state index is 0.197. The molecule has 2 fully saturated rings. The van der Waals surface area contributed by atoms with E-state index >= 15 is 0 Å². The molecule has 1 amide bonds. The van der Waals surface area contributed by atoms with Gasteiger partial charge in [0, 0.05) is 32.6 Å². The maximum atomic E-state index is 12.5. The molecule has 108 valence electrons. The molecule has 0 unspecified atom stereocenters. The van der Waals surface area contributed by atoms with E-state index < -0.39 is 16.9 Å². The van der Waals surface area contributed by atoms with E-state index in [1.165, 1.54) is 0 Å². The first-order chi connectivity index (χ1) is 9.05. The first kappa shape index (κ1) is 14.3. The van der Waals surface area contributed by atoms with E-state index in [-0.39, 0.29) is 12.5 Å². The summed E-state index contributed by atoms with van der Waals surface area (Å²) in [5.41, 5.74) is 4.01. The van der Waals surface area contributed by atoms with Gasteiger partial charge in [0.15, 0.2) is 0 Å². The molecule has 1 saturated heterocycles. The van der Waals surface area contributed by atoms with E-state index in [1.807, 2.05) is 0 Å². The van der Waals surface area contributed by atoms with Crippen LogP contribution in [-0.2, 0) is 14.3 Å². The van der Waals surface area contributed by atoms with E-state index in [0.29, 0.717) is 26.1 Å². The van der Waals surface area contributed by atoms with E-state index in [4.69, 9.17) is 10.5 Å². The standard InChI is InChI=1S/C13H22N2O4/c14-9-12(3-1-2-4-12)10(16)15-13(11(17)18)5-7-19-8-6-13/h1-9,14H2,(H,15,16)(H,17,18). The van der Waals surface area contributed by atoms with Gasteiger partial charge in [-0.3, -0.25) is 4.79 Å². The molecular weight excluding hydrogens is 248 g/mol. The molecule has 0 aromatic heterocycles. The van der Waals surface area contributed by atoms with Gasteiger partial charge in [-0.05, 0) is 12.8 Å². The highest BCUT2D eigenvalue weighted by atomic mass is 16.5. The van der Waals surface area contributed by atoms with Gasteiger partial charge in [0.05, 0.1) is 5.41 Å². The van der Waals surface area contributed by atoms with Gasteiger partial charge >= 0.3 is 5.97 Å². The Bertz CT molecular complexity index is 358. The fourth-order valence-electron chi connectivity index (χ4n) is 3.04. The Morgan fingerprint density at radius 1 is 1.16 bits per heavy atom. The van der Waals surface area contributed by atoms with Crippen molar-refractivity contribution in [3.05, 3.63) is 0 Å². The molecule has 1 saturated carbocycles. The van der Waals surface area contributed by atoms with Crippen LogP contribution < -0.4 is 11.1 Å². The van der Waals surface area contributed by atoms with Crippen LogP contribution in [0.5, 0.6) is 0 Å². The number of ether oxygens (including phenoxy) is 1. The predicted octanol–water partition coefficient (Wildman–Crippen LogP) is 0.255. The topological polar surface area (TPSA) is 102 Å².